The van der Waals surface area contributed by atoms with Crippen molar-refractivity contribution in [1.29, 1.82) is 0 Å². The van der Waals surface area contributed by atoms with Crippen LogP contribution in [0.2, 0.25) is 0 Å². The van der Waals surface area contributed by atoms with E-state index in [9.17, 15) is 0 Å². The molecule has 0 aliphatic heterocycles. The Bertz CT molecular complexity index is 421. The standard InChI is InChI=1S/C10H17N5S/c11-5-3-1-2-4-6-12-9-14-16-10-13-7-8-15(9)10/h7-8H,1-6,11H2,(H,12,14). The number of anilines is 1. The molecular formula is C10H17N5S. The van der Waals surface area contributed by atoms with E-state index in [0.29, 0.717) is 0 Å². The number of hydrogen-bond acceptors (Lipinski definition) is 5. The van der Waals surface area contributed by atoms with Gasteiger partial charge in [-0.15, -0.1) is 0 Å². The third kappa shape index (κ3) is 2.70. The fourth-order valence-electron chi connectivity index (χ4n) is 1.59. The summed E-state index contributed by atoms with van der Waals surface area (Å²) in [6.45, 7) is 1.76. The van der Waals surface area contributed by atoms with Gasteiger partial charge in [-0.05, 0) is 19.4 Å². The lowest BCUT2D eigenvalue weighted by atomic mass is 10.2. The summed E-state index contributed by atoms with van der Waals surface area (Å²) >= 11 is 1.42. The van der Waals surface area contributed by atoms with Crippen molar-refractivity contribution >= 4 is 22.4 Å². The Morgan fingerprint density at radius 1 is 1.31 bits per heavy atom. The highest BCUT2D eigenvalue weighted by Gasteiger charge is 2.03. The van der Waals surface area contributed by atoms with Crippen LogP contribution in [-0.4, -0.2) is 26.8 Å². The van der Waals surface area contributed by atoms with Crippen molar-refractivity contribution in [3.05, 3.63) is 12.4 Å². The van der Waals surface area contributed by atoms with Gasteiger partial charge in [0.1, 0.15) is 0 Å². The number of unbranched alkanes of at least 4 members (excludes halogenated alkanes) is 3. The van der Waals surface area contributed by atoms with Crippen molar-refractivity contribution in [3.8, 4) is 0 Å². The fourth-order valence-corrected chi connectivity index (χ4v) is 2.25. The van der Waals surface area contributed by atoms with Crippen molar-refractivity contribution in [3.63, 3.8) is 0 Å². The quantitative estimate of drug-likeness (QED) is 0.722. The van der Waals surface area contributed by atoms with Gasteiger partial charge in [-0.1, -0.05) is 12.8 Å². The monoisotopic (exact) mass is 239 g/mol. The number of nitrogens with zero attached hydrogens (tertiary/aromatic N) is 3. The second-order valence-corrected chi connectivity index (χ2v) is 4.45. The molecule has 6 heteroatoms. The predicted octanol–water partition coefficient (Wildman–Crippen LogP) is 1.72. The van der Waals surface area contributed by atoms with Crippen molar-refractivity contribution in [1.82, 2.24) is 13.8 Å². The minimum atomic E-state index is 0.801. The highest BCUT2D eigenvalue weighted by Crippen LogP contribution is 2.14. The van der Waals surface area contributed by atoms with E-state index in [2.05, 4.69) is 14.7 Å². The molecule has 0 aliphatic rings. The van der Waals surface area contributed by atoms with E-state index < -0.39 is 0 Å². The molecule has 0 saturated carbocycles. The summed E-state index contributed by atoms with van der Waals surface area (Å²) in [5.41, 5.74) is 5.44. The summed E-state index contributed by atoms with van der Waals surface area (Å²) in [6, 6.07) is 0. The van der Waals surface area contributed by atoms with Crippen LogP contribution in [0.4, 0.5) is 5.95 Å². The van der Waals surface area contributed by atoms with Crippen molar-refractivity contribution in [2.24, 2.45) is 5.73 Å². The smallest absolute Gasteiger partial charge is 0.220 e. The maximum absolute atomic E-state index is 5.44. The molecule has 0 aliphatic carbocycles. The molecule has 0 amide bonds. The summed E-state index contributed by atoms with van der Waals surface area (Å²) in [5.74, 6) is 0.899. The Morgan fingerprint density at radius 2 is 2.19 bits per heavy atom. The Morgan fingerprint density at radius 3 is 3.06 bits per heavy atom. The molecular weight excluding hydrogens is 222 g/mol. The van der Waals surface area contributed by atoms with Crippen LogP contribution >= 0.6 is 11.5 Å². The number of hydrogen-bond donors (Lipinski definition) is 2. The normalized spacial score (nSPS) is 11.1. The van der Waals surface area contributed by atoms with E-state index in [1.54, 1.807) is 6.20 Å². The van der Waals surface area contributed by atoms with Gasteiger partial charge in [0.25, 0.3) is 0 Å². The molecule has 2 aromatic heterocycles. The van der Waals surface area contributed by atoms with Crippen LogP contribution < -0.4 is 11.1 Å². The Balaban J connectivity index is 1.72. The maximum atomic E-state index is 5.44. The molecule has 2 rings (SSSR count). The van der Waals surface area contributed by atoms with Crippen LogP contribution in [0, 0.1) is 0 Å². The van der Waals surface area contributed by atoms with Gasteiger partial charge in [-0.25, -0.2) is 4.98 Å². The van der Waals surface area contributed by atoms with Gasteiger partial charge in [-0.3, -0.25) is 4.40 Å². The first-order chi connectivity index (χ1) is 7.92. The van der Waals surface area contributed by atoms with Gasteiger partial charge >= 0.3 is 0 Å². The van der Waals surface area contributed by atoms with E-state index in [-0.39, 0.29) is 0 Å². The Hall–Kier alpha value is -1.14. The first-order valence-electron chi connectivity index (χ1n) is 5.64. The molecule has 88 valence electrons. The highest BCUT2D eigenvalue weighted by molar-refractivity contribution is 7.11. The van der Waals surface area contributed by atoms with Crippen LogP contribution in [0.15, 0.2) is 12.4 Å². The van der Waals surface area contributed by atoms with E-state index in [0.717, 1.165) is 36.8 Å². The van der Waals surface area contributed by atoms with E-state index >= 15 is 0 Å². The van der Waals surface area contributed by atoms with E-state index in [1.165, 1.54) is 24.4 Å². The number of imidazole rings is 1. The summed E-state index contributed by atoms with van der Waals surface area (Å²) in [5, 5.41) is 3.32. The zero-order valence-electron chi connectivity index (χ0n) is 9.22. The third-order valence-electron chi connectivity index (χ3n) is 2.46. The Kier molecular flexibility index (Phi) is 4.12. The highest BCUT2D eigenvalue weighted by atomic mass is 32.1. The molecule has 0 aromatic carbocycles. The summed E-state index contributed by atoms with van der Waals surface area (Å²) in [7, 11) is 0. The molecule has 0 spiro atoms. The molecule has 0 atom stereocenters. The van der Waals surface area contributed by atoms with Gasteiger partial charge in [0.05, 0.1) is 0 Å². The first kappa shape index (κ1) is 11.3. The minimum Gasteiger partial charge on any atom is -0.355 e. The minimum absolute atomic E-state index is 0.801. The van der Waals surface area contributed by atoms with Gasteiger partial charge < -0.3 is 11.1 Å². The Labute approximate surface area is 98.8 Å². The number of nitrogens with two attached hydrogens (primary N) is 1. The molecule has 16 heavy (non-hydrogen) atoms. The second-order valence-electron chi connectivity index (χ2n) is 3.72. The first-order valence-corrected chi connectivity index (χ1v) is 6.42. The molecule has 5 nitrogen and oxygen atoms in total. The van der Waals surface area contributed by atoms with Gasteiger partial charge in [0.15, 0.2) is 0 Å². The third-order valence-corrected chi connectivity index (χ3v) is 3.19. The molecule has 2 heterocycles. The van der Waals surface area contributed by atoms with Crippen molar-refractivity contribution in [2.45, 2.75) is 25.7 Å². The van der Waals surface area contributed by atoms with Crippen molar-refractivity contribution in [2.75, 3.05) is 18.4 Å². The predicted molar refractivity (Wildman–Crippen MR) is 66.9 cm³/mol. The lowest BCUT2D eigenvalue weighted by molar-refractivity contribution is 0.660. The number of rotatable bonds is 7. The number of aromatic nitrogens is 3. The lowest BCUT2D eigenvalue weighted by Crippen LogP contribution is -2.05. The maximum Gasteiger partial charge on any atom is 0.220 e. The molecule has 0 unspecified atom stereocenters. The van der Waals surface area contributed by atoms with Crippen LogP contribution in [0.5, 0.6) is 0 Å². The number of fused-ring (bicyclic) bond motifs is 1. The van der Waals surface area contributed by atoms with Gasteiger partial charge in [0, 0.05) is 30.5 Å². The summed E-state index contributed by atoms with van der Waals surface area (Å²) < 4.78 is 6.28. The van der Waals surface area contributed by atoms with Crippen LogP contribution in [0.1, 0.15) is 25.7 Å². The number of nitrogens with one attached hydrogen (secondary N) is 1. The zero-order chi connectivity index (χ0) is 11.2. The second kappa shape index (κ2) is 5.81. The van der Waals surface area contributed by atoms with Crippen LogP contribution in [-0.2, 0) is 0 Å². The average Bonchev–Trinajstić information content (AvgIpc) is 2.87. The summed E-state index contributed by atoms with van der Waals surface area (Å²) in [6.07, 6.45) is 8.45. The van der Waals surface area contributed by atoms with Gasteiger partial charge in [0.2, 0.25) is 10.9 Å². The molecule has 0 radical (unpaired) electrons. The van der Waals surface area contributed by atoms with Crippen LogP contribution in [0.25, 0.3) is 4.96 Å². The zero-order valence-corrected chi connectivity index (χ0v) is 10.0. The molecule has 0 saturated heterocycles. The molecule has 0 bridgehead atoms. The van der Waals surface area contributed by atoms with Crippen molar-refractivity contribution < 1.29 is 0 Å². The molecule has 2 aromatic rings. The fraction of sp³-hybridized carbons (Fsp3) is 0.600. The molecule has 3 N–H and O–H groups in total. The topological polar surface area (TPSA) is 68.2 Å². The average molecular weight is 239 g/mol. The van der Waals surface area contributed by atoms with E-state index in [1.807, 2.05) is 10.6 Å². The molecule has 0 fully saturated rings. The largest absolute Gasteiger partial charge is 0.355 e. The van der Waals surface area contributed by atoms with E-state index in [4.69, 9.17) is 5.73 Å². The lowest BCUT2D eigenvalue weighted by Gasteiger charge is -2.02. The van der Waals surface area contributed by atoms with Crippen LogP contribution in [0.3, 0.4) is 0 Å². The SMILES string of the molecule is NCCCCCCNc1nsc2nccn12. The van der Waals surface area contributed by atoms with Gasteiger partial charge in [-0.2, -0.15) is 4.37 Å². The summed E-state index contributed by atoms with van der Waals surface area (Å²) in [4.78, 5) is 5.11.